The molecule has 1 amide bonds. The lowest BCUT2D eigenvalue weighted by Gasteiger charge is -2.15. The molecule has 0 atom stereocenters. The van der Waals surface area contributed by atoms with Crippen LogP contribution in [0.1, 0.15) is 36.5 Å². The Kier molecular flexibility index (Phi) is 5.59. The standard InChI is InChI=1S/C18H20N4O5S/c1-3-14(23)12-10-20-16(22-18(24)27-2)9-13(12)21-17-15(5-4-8-19-17)28(25,26)11-6-7-11/h4-5,8-11H,3,6-7H2,1-2H3,(H2,19,20,21,22,24). The van der Waals surface area contributed by atoms with Gasteiger partial charge in [0, 0.05) is 24.9 Å². The molecule has 0 aliphatic heterocycles. The smallest absolute Gasteiger partial charge is 0.412 e. The number of carbonyl (C=O) groups excluding carboxylic acids is 2. The van der Waals surface area contributed by atoms with Gasteiger partial charge in [0.05, 0.1) is 23.6 Å². The van der Waals surface area contributed by atoms with Gasteiger partial charge in [-0.05, 0) is 25.0 Å². The second-order valence-corrected chi connectivity index (χ2v) is 8.42. The van der Waals surface area contributed by atoms with Gasteiger partial charge in [-0.3, -0.25) is 10.1 Å². The molecule has 2 aromatic heterocycles. The second kappa shape index (κ2) is 7.93. The molecule has 1 saturated carbocycles. The van der Waals surface area contributed by atoms with Crippen LogP contribution in [0.5, 0.6) is 0 Å². The maximum absolute atomic E-state index is 12.7. The van der Waals surface area contributed by atoms with Crippen molar-refractivity contribution in [2.45, 2.75) is 36.3 Å². The van der Waals surface area contributed by atoms with Crippen LogP contribution in [0.2, 0.25) is 0 Å². The minimum atomic E-state index is -3.50. The van der Waals surface area contributed by atoms with Gasteiger partial charge < -0.3 is 10.1 Å². The third-order valence-electron chi connectivity index (χ3n) is 4.23. The summed E-state index contributed by atoms with van der Waals surface area (Å²) in [4.78, 5) is 32.0. The molecule has 0 bridgehead atoms. The number of nitrogens with zero attached hydrogens (tertiary/aromatic N) is 2. The van der Waals surface area contributed by atoms with E-state index in [4.69, 9.17) is 0 Å². The van der Waals surface area contributed by atoms with Crippen molar-refractivity contribution in [3.8, 4) is 0 Å². The summed E-state index contributed by atoms with van der Waals surface area (Å²) in [5, 5.41) is 4.95. The largest absolute Gasteiger partial charge is 0.453 e. The lowest BCUT2D eigenvalue weighted by molar-refractivity contribution is 0.0988. The van der Waals surface area contributed by atoms with Gasteiger partial charge in [0.25, 0.3) is 0 Å². The first-order valence-electron chi connectivity index (χ1n) is 8.71. The van der Waals surface area contributed by atoms with Gasteiger partial charge in [-0.1, -0.05) is 6.92 Å². The molecule has 2 aromatic rings. The predicted molar refractivity (Wildman–Crippen MR) is 103 cm³/mol. The zero-order valence-corrected chi connectivity index (χ0v) is 16.2. The lowest BCUT2D eigenvalue weighted by Crippen LogP contribution is -2.14. The molecule has 3 rings (SSSR count). The molecule has 1 aliphatic carbocycles. The average molecular weight is 404 g/mol. The van der Waals surface area contributed by atoms with Crippen molar-refractivity contribution in [2.75, 3.05) is 17.7 Å². The highest BCUT2D eigenvalue weighted by atomic mass is 32.2. The number of Topliss-reactive ketones (excluding diaryl/α,β-unsaturated/α-hetero) is 1. The Morgan fingerprint density at radius 2 is 2.04 bits per heavy atom. The molecule has 0 saturated heterocycles. The molecule has 1 aliphatic rings. The fourth-order valence-electron chi connectivity index (χ4n) is 2.59. The number of nitrogens with one attached hydrogen (secondary N) is 2. The van der Waals surface area contributed by atoms with Gasteiger partial charge in [-0.2, -0.15) is 0 Å². The Balaban J connectivity index is 2.02. The Labute approximate surface area is 162 Å². The summed E-state index contributed by atoms with van der Waals surface area (Å²) < 4.78 is 29.9. The topological polar surface area (TPSA) is 127 Å². The number of anilines is 3. The van der Waals surface area contributed by atoms with Crippen LogP contribution < -0.4 is 10.6 Å². The van der Waals surface area contributed by atoms with Crippen molar-refractivity contribution in [3.63, 3.8) is 0 Å². The zero-order chi connectivity index (χ0) is 20.3. The molecule has 0 spiro atoms. The third kappa shape index (κ3) is 4.11. The number of methoxy groups -OCH3 is 1. The number of ether oxygens (including phenoxy) is 1. The quantitative estimate of drug-likeness (QED) is 0.674. The Bertz CT molecular complexity index is 1020. The number of hydrogen-bond donors (Lipinski definition) is 2. The van der Waals surface area contributed by atoms with E-state index < -0.39 is 21.2 Å². The fraction of sp³-hybridized carbons (Fsp3) is 0.333. The molecule has 9 nitrogen and oxygen atoms in total. The van der Waals surface area contributed by atoms with Crippen LogP contribution in [0.15, 0.2) is 35.5 Å². The average Bonchev–Trinajstić information content (AvgIpc) is 3.54. The van der Waals surface area contributed by atoms with E-state index in [0.717, 1.165) is 0 Å². The van der Waals surface area contributed by atoms with E-state index >= 15 is 0 Å². The number of rotatable bonds is 7. The molecule has 28 heavy (non-hydrogen) atoms. The Morgan fingerprint density at radius 3 is 2.68 bits per heavy atom. The zero-order valence-electron chi connectivity index (χ0n) is 15.4. The van der Waals surface area contributed by atoms with Crippen LogP contribution in [0, 0.1) is 0 Å². The van der Waals surface area contributed by atoms with E-state index in [1.165, 1.54) is 31.6 Å². The van der Waals surface area contributed by atoms with E-state index in [-0.39, 0.29) is 34.3 Å². The highest BCUT2D eigenvalue weighted by Crippen LogP contribution is 2.37. The summed E-state index contributed by atoms with van der Waals surface area (Å²) in [6.45, 7) is 1.70. The molecule has 0 aromatic carbocycles. The summed E-state index contributed by atoms with van der Waals surface area (Å²) >= 11 is 0. The summed E-state index contributed by atoms with van der Waals surface area (Å²) in [5.74, 6) is 0.0708. The van der Waals surface area contributed by atoms with Crippen molar-refractivity contribution in [2.24, 2.45) is 0 Å². The fourth-order valence-corrected chi connectivity index (χ4v) is 4.35. The first kappa shape index (κ1) is 19.7. The molecular weight excluding hydrogens is 384 g/mol. The lowest BCUT2D eigenvalue weighted by atomic mass is 10.1. The number of hydrogen-bond acceptors (Lipinski definition) is 8. The summed E-state index contributed by atoms with van der Waals surface area (Å²) in [5.41, 5.74) is 0.553. The summed E-state index contributed by atoms with van der Waals surface area (Å²) in [6, 6.07) is 4.47. The number of aromatic nitrogens is 2. The van der Waals surface area contributed by atoms with Crippen LogP contribution >= 0.6 is 0 Å². The Morgan fingerprint density at radius 1 is 1.29 bits per heavy atom. The van der Waals surface area contributed by atoms with Crippen LogP contribution in [0.3, 0.4) is 0 Å². The third-order valence-corrected chi connectivity index (χ3v) is 6.53. The van der Waals surface area contributed by atoms with Gasteiger partial charge >= 0.3 is 6.09 Å². The first-order valence-corrected chi connectivity index (χ1v) is 10.3. The number of amides is 1. The van der Waals surface area contributed by atoms with Gasteiger partial charge in [-0.15, -0.1) is 0 Å². The van der Waals surface area contributed by atoms with Crippen molar-refractivity contribution in [1.82, 2.24) is 9.97 Å². The van der Waals surface area contributed by atoms with Crippen molar-refractivity contribution in [1.29, 1.82) is 0 Å². The summed E-state index contributed by atoms with van der Waals surface area (Å²) in [6.07, 6.45) is 3.54. The van der Waals surface area contributed by atoms with E-state index in [2.05, 4.69) is 25.3 Å². The number of carbonyl (C=O) groups is 2. The highest BCUT2D eigenvalue weighted by molar-refractivity contribution is 7.92. The SMILES string of the molecule is CCC(=O)c1cnc(NC(=O)OC)cc1Nc1ncccc1S(=O)(=O)C1CC1. The number of pyridine rings is 2. The molecular formula is C18H20N4O5S. The van der Waals surface area contributed by atoms with Gasteiger partial charge in [0.1, 0.15) is 16.5 Å². The van der Waals surface area contributed by atoms with E-state index in [0.29, 0.717) is 18.5 Å². The normalized spacial score (nSPS) is 13.6. The maximum atomic E-state index is 12.7. The maximum Gasteiger partial charge on any atom is 0.412 e. The molecule has 10 heteroatoms. The van der Waals surface area contributed by atoms with Gasteiger partial charge in [0.2, 0.25) is 0 Å². The predicted octanol–water partition coefficient (Wildman–Crippen LogP) is 2.93. The minimum Gasteiger partial charge on any atom is -0.453 e. The molecule has 148 valence electrons. The number of sulfone groups is 1. The van der Waals surface area contributed by atoms with Crippen molar-refractivity contribution >= 4 is 39.0 Å². The minimum absolute atomic E-state index is 0.0756. The monoisotopic (exact) mass is 404 g/mol. The van der Waals surface area contributed by atoms with Crippen LogP contribution in [-0.4, -0.2) is 42.6 Å². The number of ketones is 1. The summed E-state index contributed by atoms with van der Waals surface area (Å²) in [7, 11) is -2.29. The van der Waals surface area contributed by atoms with E-state index in [1.807, 2.05) is 0 Å². The van der Waals surface area contributed by atoms with Crippen molar-refractivity contribution in [3.05, 3.63) is 36.2 Å². The van der Waals surface area contributed by atoms with Gasteiger partial charge in [-0.25, -0.2) is 23.2 Å². The van der Waals surface area contributed by atoms with E-state index in [9.17, 15) is 18.0 Å². The van der Waals surface area contributed by atoms with Gasteiger partial charge in [0.15, 0.2) is 15.6 Å². The first-order chi connectivity index (χ1) is 13.4. The molecule has 2 N–H and O–H groups in total. The molecule has 0 radical (unpaired) electrons. The van der Waals surface area contributed by atoms with Crippen LogP contribution in [0.4, 0.5) is 22.1 Å². The molecule has 0 unspecified atom stereocenters. The molecule has 1 fully saturated rings. The highest BCUT2D eigenvalue weighted by Gasteiger charge is 2.38. The molecule has 2 heterocycles. The van der Waals surface area contributed by atoms with E-state index in [1.54, 1.807) is 13.0 Å². The second-order valence-electron chi connectivity index (χ2n) is 6.23. The van der Waals surface area contributed by atoms with Crippen LogP contribution in [-0.2, 0) is 14.6 Å². The van der Waals surface area contributed by atoms with Crippen molar-refractivity contribution < 1.29 is 22.7 Å². The Hall–Kier alpha value is -3.01. The van der Waals surface area contributed by atoms with Crippen LogP contribution in [0.25, 0.3) is 0 Å².